The highest BCUT2D eigenvalue weighted by atomic mass is 32.1. The van der Waals surface area contributed by atoms with Crippen LogP contribution in [0.1, 0.15) is 35.6 Å². The molecule has 0 fully saturated rings. The van der Waals surface area contributed by atoms with Crippen LogP contribution in [0.15, 0.2) is 12.1 Å². The van der Waals surface area contributed by atoms with Gasteiger partial charge in [-0.3, -0.25) is 0 Å². The second kappa shape index (κ2) is 5.49. The molecule has 1 heterocycles. The van der Waals surface area contributed by atoms with Crippen molar-refractivity contribution in [2.24, 2.45) is 5.73 Å². The molecule has 1 aromatic rings. The van der Waals surface area contributed by atoms with Crippen LogP contribution in [0, 0.1) is 6.92 Å². The first-order chi connectivity index (χ1) is 6.69. The van der Waals surface area contributed by atoms with Gasteiger partial charge in [-0.2, -0.15) is 0 Å². The number of rotatable bonds is 5. The number of hydrogen-bond donors (Lipinski definition) is 1. The molecule has 0 bridgehead atoms. The Kier molecular flexibility index (Phi) is 4.58. The summed E-state index contributed by atoms with van der Waals surface area (Å²) in [5.41, 5.74) is 6.13. The van der Waals surface area contributed by atoms with Crippen LogP contribution in [-0.2, 0) is 4.74 Å². The fourth-order valence-corrected chi connectivity index (χ4v) is 2.48. The SMILES string of the molecule is CCCC(OC)C(N)c1ccc(C)s1. The molecule has 0 aliphatic rings. The minimum atomic E-state index is 0.0265. The van der Waals surface area contributed by atoms with E-state index in [1.54, 1.807) is 18.4 Å². The third-order valence-electron chi connectivity index (χ3n) is 2.37. The zero-order valence-corrected chi connectivity index (χ0v) is 9.93. The highest BCUT2D eigenvalue weighted by Gasteiger charge is 2.19. The summed E-state index contributed by atoms with van der Waals surface area (Å²) in [5.74, 6) is 0. The van der Waals surface area contributed by atoms with Gasteiger partial charge >= 0.3 is 0 Å². The molecular formula is C11H19NOS. The summed E-state index contributed by atoms with van der Waals surface area (Å²) in [4.78, 5) is 2.53. The van der Waals surface area contributed by atoms with Gasteiger partial charge in [-0.15, -0.1) is 11.3 Å². The van der Waals surface area contributed by atoms with Gasteiger partial charge in [0.2, 0.25) is 0 Å². The van der Waals surface area contributed by atoms with E-state index in [0.717, 1.165) is 12.8 Å². The standard InChI is InChI=1S/C11H19NOS/c1-4-5-9(13-3)11(12)10-7-6-8(2)14-10/h6-7,9,11H,4-5,12H2,1-3H3. The van der Waals surface area contributed by atoms with Crippen molar-refractivity contribution in [3.05, 3.63) is 21.9 Å². The Balaban J connectivity index is 2.66. The molecule has 0 aliphatic carbocycles. The van der Waals surface area contributed by atoms with Crippen LogP contribution in [0.4, 0.5) is 0 Å². The van der Waals surface area contributed by atoms with Gasteiger partial charge in [0.1, 0.15) is 0 Å². The van der Waals surface area contributed by atoms with E-state index < -0.39 is 0 Å². The van der Waals surface area contributed by atoms with Crippen LogP contribution in [0.5, 0.6) is 0 Å². The fraction of sp³-hybridized carbons (Fsp3) is 0.636. The monoisotopic (exact) mass is 213 g/mol. The minimum Gasteiger partial charge on any atom is -0.379 e. The van der Waals surface area contributed by atoms with E-state index in [1.807, 2.05) is 0 Å². The Bertz CT molecular complexity index is 272. The van der Waals surface area contributed by atoms with E-state index in [-0.39, 0.29) is 12.1 Å². The quantitative estimate of drug-likeness (QED) is 0.816. The molecule has 2 unspecified atom stereocenters. The van der Waals surface area contributed by atoms with Gasteiger partial charge in [0.15, 0.2) is 0 Å². The Hall–Kier alpha value is -0.380. The van der Waals surface area contributed by atoms with Gasteiger partial charge in [0.05, 0.1) is 12.1 Å². The van der Waals surface area contributed by atoms with E-state index in [2.05, 4.69) is 26.0 Å². The average Bonchev–Trinajstić information content (AvgIpc) is 2.60. The summed E-state index contributed by atoms with van der Waals surface area (Å²) < 4.78 is 5.40. The van der Waals surface area contributed by atoms with Crippen molar-refractivity contribution in [1.29, 1.82) is 0 Å². The summed E-state index contributed by atoms with van der Waals surface area (Å²) in [6, 6.07) is 4.24. The molecule has 2 atom stereocenters. The molecule has 0 radical (unpaired) electrons. The van der Waals surface area contributed by atoms with Crippen LogP contribution in [0.25, 0.3) is 0 Å². The van der Waals surface area contributed by atoms with Crippen LogP contribution in [-0.4, -0.2) is 13.2 Å². The van der Waals surface area contributed by atoms with Crippen LogP contribution < -0.4 is 5.73 Å². The van der Waals surface area contributed by atoms with Gasteiger partial charge in [-0.05, 0) is 25.5 Å². The molecule has 2 nitrogen and oxygen atoms in total. The predicted molar refractivity (Wildman–Crippen MR) is 61.7 cm³/mol. The normalized spacial score (nSPS) is 15.4. The van der Waals surface area contributed by atoms with E-state index in [4.69, 9.17) is 10.5 Å². The predicted octanol–water partition coefficient (Wildman–Crippen LogP) is 2.87. The summed E-state index contributed by atoms with van der Waals surface area (Å²) in [6.07, 6.45) is 2.28. The Labute approximate surface area is 90.1 Å². The van der Waals surface area contributed by atoms with Crippen molar-refractivity contribution < 1.29 is 4.74 Å². The molecule has 1 aromatic heterocycles. The van der Waals surface area contributed by atoms with E-state index >= 15 is 0 Å². The molecule has 14 heavy (non-hydrogen) atoms. The topological polar surface area (TPSA) is 35.2 Å². The number of hydrogen-bond acceptors (Lipinski definition) is 3. The molecule has 3 heteroatoms. The number of thiophene rings is 1. The maximum Gasteiger partial charge on any atom is 0.0771 e. The maximum absolute atomic E-state index is 6.13. The lowest BCUT2D eigenvalue weighted by Gasteiger charge is -2.20. The lowest BCUT2D eigenvalue weighted by Crippen LogP contribution is -2.27. The first-order valence-corrected chi connectivity index (χ1v) is 5.85. The number of methoxy groups -OCH3 is 1. The van der Waals surface area contributed by atoms with Crippen molar-refractivity contribution in [2.45, 2.75) is 38.8 Å². The Morgan fingerprint density at radius 2 is 2.21 bits per heavy atom. The number of aryl methyl sites for hydroxylation is 1. The molecule has 0 aromatic carbocycles. The van der Waals surface area contributed by atoms with Crippen LogP contribution >= 0.6 is 11.3 Å². The zero-order valence-electron chi connectivity index (χ0n) is 9.12. The van der Waals surface area contributed by atoms with Gasteiger partial charge in [0.25, 0.3) is 0 Å². The molecule has 0 saturated carbocycles. The lowest BCUT2D eigenvalue weighted by molar-refractivity contribution is 0.0734. The Morgan fingerprint density at radius 3 is 2.64 bits per heavy atom. The van der Waals surface area contributed by atoms with Crippen molar-refractivity contribution in [3.63, 3.8) is 0 Å². The number of ether oxygens (including phenoxy) is 1. The van der Waals surface area contributed by atoms with Crippen molar-refractivity contribution in [2.75, 3.05) is 7.11 Å². The highest BCUT2D eigenvalue weighted by molar-refractivity contribution is 7.12. The molecule has 1 rings (SSSR count). The van der Waals surface area contributed by atoms with Crippen molar-refractivity contribution in [1.82, 2.24) is 0 Å². The third-order valence-corrected chi connectivity index (χ3v) is 3.47. The first kappa shape index (κ1) is 11.7. The first-order valence-electron chi connectivity index (χ1n) is 5.03. The smallest absolute Gasteiger partial charge is 0.0771 e. The molecule has 0 saturated heterocycles. The van der Waals surface area contributed by atoms with Gasteiger partial charge < -0.3 is 10.5 Å². The largest absolute Gasteiger partial charge is 0.379 e. The van der Waals surface area contributed by atoms with Crippen molar-refractivity contribution in [3.8, 4) is 0 Å². The summed E-state index contributed by atoms with van der Waals surface area (Å²) in [5, 5.41) is 0. The van der Waals surface area contributed by atoms with Gasteiger partial charge in [-0.1, -0.05) is 13.3 Å². The average molecular weight is 213 g/mol. The molecule has 80 valence electrons. The second-order valence-electron chi connectivity index (χ2n) is 3.54. The molecule has 0 aliphatic heterocycles. The lowest BCUT2D eigenvalue weighted by atomic mass is 10.1. The van der Waals surface area contributed by atoms with Gasteiger partial charge in [0, 0.05) is 16.9 Å². The molecule has 0 amide bonds. The zero-order chi connectivity index (χ0) is 10.6. The van der Waals surface area contributed by atoms with E-state index in [1.165, 1.54) is 9.75 Å². The van der Waals surface area contributed by atoms with Crippen LogP contribution in [0.2, 0.25) is 0 Å². The maximum atomic E-state index is 6.13. The molecular weight excluding hydrogens is 194 g/mol. The summed E-state index contributed by atoms with van der Waals surface area (Å²) in [6.45, 7) is 4.25. The number of nitrogens with two attached hydrogens (primary N) is 1. The fourth-order valence-electron chi connectivity index (χ4n) is 1.54. The van der Waals surface area contributed by atoms with E-state index in [9.17, 15) is 0 Å². The van der Waals surface area contributed by atoms with Gasteiger partial charge in [-0.25, -0.2) is 0 Å². The summed E-state index contributed by atoms with van der Waals surface area (Å²) in [7, 11) is 1.74. The Morgan fingerprint density at radius 1 is 1.50 bits per heavy atom. The molecule has 0 spiro atoms. The minimum absolute atomic E-state index is 0.0265. The van der Waals surface area contributed by atoms with Crippen LogP contribution in [0.3, 0.4) is 0 Å². The molecule has 2 N–H and O–H groups in total. The second-order valence-corrected chi connectivity index (χ2v) is 4.86. The van der Waals surface area contributed by atoms with Crippen molar-refractivity contribution >= 4 is 11.3 Å². The highest BCUT2D eigenvalue weighted by Crippen LogP contribution is 2.26. The third kappa shape index (κ3) is 2.80. The summed E-state index contributed by atoms with van der Waals surface area (Å²) >= 11 is 1.76. The van der Waals surface area contributed by atoms with E-state index in [0.29, 0.717) is 0 Å².